The minimum absolute atomic E-state index is 0.133. The molecule has 3 fully saturated rings. The maximum atomic E-state index is 14.4. The van der Waals surface area contributed by atoms with E-state index in [1.54, 1.807) is 161 Å². The van der Waals surface area contributed by atoms with Crippen molar-refractivity contribution >= 4 is 53.5 Å². The third-order valence-corrected chi connectivity index (χ3v) is 24.2. The van der Waals surface area contributed by atoms with Crippen LogP contribution >= 0.6 is 0 Å². The topological polar surface area (TPSA) is 309 Å². The molecule has 3 aliphatic carbocycles. The first kappa shape index (κ1) is 99.9. The lowest BCUT2D eigenvalue weighted by Crippen LogP contribution is -2.54. The highest BCUT2D eigenvalue weighted by Gasteiger charge is 2.47. The molecule has 0 radical (unpaired) electrons. The predicted molar refractivity (Wildman–Crippen MR) is 487 cm³/mol. The molecule has 0 saturated heterocycles. The average molecular weight is 1740 g/mol. The lowest BCUT2D eigenvalue weighted by Gasteiger charge is -2.47. The zero-order chi connectivity index (χ0) is 92.5. The molecule has 686 valence electrons. The largest absolute Gasteiger partial charge is 0.443 e. The van der Waals surface area contributed by atoms with Crippen molar-refractivity contribution in [2.75, 3.05) is 46.1 Å². The van der Waals surface area contributed by atoms with Crippen LogP contribution in [0.1, 0.15) is 277 Å². The Morgan fingerprint density at radius 1 is 0.333 bits per heavy atom. The molecule has 24 nitrogen and oxygen atoms in total. The van der Waals surface area contributed by atoms with E-state index in [0.717, 1.165) is 25.7 Å². The number of carbonyl (C=O) groups is 9. The van der Waals surface area contributed by atoms with Crippen molar-refractivity contribution in [3.63, 3.8) is 0 Å². The van der Waals surface area contributed by atoms with Crippen LogP contribution in [0.3, 0.4) is 0 Å². The molecule has 7 atom stereocenters. The van der Waals surface area contributed by atoms with Gasteiger partial charge in [0.05, 0.1) is 49.3 Å². The monoisotopic (exact) mass is 1740 g/mol. The molecule has 3 saturated carbocycles. The molecule has 6 amide bonds. The molecular formula is C102H140N6O18. The van der Waals surface area contributed by atoms with Gasteiger partial charge in [-0.15, -0.1) is 0 Å². The Morgan fingerprint density at radius 3 is 0.960 bits per heavy atom. The van der Waals surface area contributed by atoms with Crippen LogP contribution in [-0.2, 0) is 38.0 Å². The van der Waals surface area contributed by atoms with E-state index >= 15 is 0 Å². The Kier molecular flexibility index (Phi) is 32.9. The van der Waals surface area contributed by atoms with Gasteiger partial charge in [-0.25, -0.2) is 19.2 Å². The van der Waals surface area contributed by atoms with Crippen molar-refractivity contribution in [2.45, 2.75) is 287 Å². The molecule has 3 aliphatic rings. The van der Waals surface area contributed by atoms with Crippen molar-refractivity contribution in [3.8, 4) is 17.2 Å². The zero-order valence-electron chi connectivity index (χ0n) is 78.4. The number of nitrogens with one attached hydrogen (secondary N) is 6. The number of ketones is 3. The second kappa shape index (κ2) is 41.5. The summed E-state index contributed by atoms with van der Waals surface area (Å²) < 4.78 is 56.7. The molecule has 7 unspecified atom stereocenters. The van der Waals surface area contributed by atoms with Gasteiger partial charge < -0.3 is 74.5 Å². The van der Waals surface area contributed by atoms with Crippen molar-refractivity contribution in [3.05, 3.63) is 197 Å². The third kappa shape index (κ3) is 31.6. The van der Waals surface area contributed by atoms with Crippen LogP contribution in [0.5, 0.6) is 17.2 Å². The number of amides is 6. The standard InChI is InChI=1S/C102H140N6O18/c1-91(2)55-75(58-100(19,63-91)66-103-87(114)122-78-43-37-72(38-44-78)82(109)69-31-25-22-26-32-69)106-85(112)98(15,16)119-53-49-94(7,8)121-62-81(125-95(9,10)51-54-120-99(17,18)86(113)107-76-56-92(3,4)64-101(20,59-76)67-104-88(115)123-79-45-39-73(40-46-79)83(110)70-33-27-23-28-34-70)61-97(13,14)118-52-50-96(11,12)126-90(117)108-77-57-93(5,6)65-102(21,60-77)68-105-89(116)124-80-47-41-74(42-48-80)84(111)71-35-29-24-30-36-71/h22-48,75-77,81H,49-68H2,1-21H3,(H,103,114)(H,104,115)(H,105,116)(H,106,112)(H,107,113)(H,108,117). The van der Waals surface area contributed by atoms with E-state index in [4.69, 9.17) is 42.6 Å². The second-order valence-corrected chi connectivity index (χ2v) is 42.2. The highest BCUT2D eigenvalue weighted by molar-refractivity contribution is 6.10. The number of carbonyl (C=O) groups excluding carboxylic acids is 9. The molecule has 0 aromatic heterocycles. The van der Waals surface area contributed by atoms with Crippen LogP contribution < -0.4 is 46.1 Å². The maximum absolute atomic E-state index is 14.4. The molecule has 6 aromatic carbocycles. The first-order valence-corrected chi connectivity index (χ1v) is 44.5. The Morgan fingerprint density at radius 2 is 0.627 bits per heavy atom. The number of rotatable bonds is 40. The van der Waals surface area contributed by atoms with E-state index in [0.29, 0.717) is 128 Å². The minimum atomic E-state index is -1.25. The molecule has 0 bridgehead atoms. The summed E-state index contributed by atoms with van der Waals surface area (Å²) in [5.41, 5.74) is -4.54. The van der Waals surface area contributed by atoms with Crippen LogP contribution in [0.2, 0.25) is 0 Å². The van der Waals surface area contributed by atoms with Gasteiger partial charge in [-0.3, -0.25) is 24.0 Å². The van der Waals surface area contributed by atoms with Crippen LogP contribution in [0.4, 0.5) is 19.2 Å². The summed E-state index contributed by atoms with van der Waals surface area (Å²) in [7, 11) is 0. The molecule has 0 heterocycles. The summed E-state index contributed by atoms with van der Waals surface area (Å²) in [6.07, 6.45) is 4.75. The van der Waals surface area contributed by atoms with Crippen LogP contribution in [0, 0.1) is 32.5 Å². The van der Waals surface area contributed by atoms with Gasteiger partial charge in [-0.05, 0) is 259 Å². The normalized spacial score (nSPS) is 20.9. The quantitative estimate of drug-likeness (QED) is 0.0195. The Hall–Kier alpha value is -9.85. The summed E-state index contributed by atoms with van der Waals surface area (Å²) in [6, 6.07) is 45.6. The van der Waals surface area contributed by atoms with Crippen LogP contribution in [0.25, 0.3) is 0 Å². The summed E-state index contributed by atoms with van der Waals surface area (Å²) in [6.45, 7) is 43.5. The SMILES string of the molecule is CC1(C)CC(NC(=O)OC(C)(C)CCOC(C)(C)CC(COC(C)(C)CCOC(C)(C)C(=O)NC2CC(C)(C)CC(C)(CNC(=O)Oc3ccc(C(=O)c4ccccc4)cc3)C2)OC(C)(C)CCOC(C)(C)C(=O)NC2CC(C)(C)CC(C)(CNC(=O)Oc3ccc(C(=O)c4ccccc4)cc3)C2)CC(C)(CNC(=O)Oc2ccc(C(=O)c3ccccc3)cc2)C1. The van der Waals surface area contributed by atoms with E-state index in [9.17, 15) is 43.2 Å². The minimum Gasteiger partial charge on any atom is -0.443 e. The summed E-state index contributed by atoms with van der Waals surface area (Å²) in [5, 5.41) is 18.6. The van der Waals surface area contributed by atoms with Gasteiger partial charge in [-0.1, -0.05) is 153 Å². The lowest BCUT2D eigenvalue weighted by molar-refractivity contribution is -0.170. The highest BCUT2D eigenvalue weighted by atomic mass is 16.6. The van der Waals surface area contributed by atoms with E-state index in [1.807, 2.05) is 85.7 Å². The first-order chi connectivity index (χ1) is 58.7. The van der Waals surface area contributed by atoms with E-state index in [-0.39, 0.29) is 90.0 Å². The molecule has 24 heteroatoms. The predicted octanol–water partition coefficient (Wildman–Crippen LogP) is 19.4. The molecule has 0 spiro atoms. The fourth-order valence-corrected chi connectivity index (χ4v) is 18.9. The lowest BCUT2D eigenvalue weighted by atomic mass is 9.62. The van der Waals surface area contributed by atoms with Gasteiger partial charge >= 0.3 is 24.4 Å². The number of benzene rings is 6. The Balaban J connectivity index is 0.775. The molecule has 0 aliphatic heterocycles. The molecule has 9 rings (SSSR count). The fourth-order valence-electron chi connectivity index (χ4n) is 18.9. The Labute approximate surface area is 747 Å². The number of hydrogen-bond donors (Lipinski definition) is 6. The van der Waals surface area contributed by atoms with Gasteiger partial charge in [0.2, 0.25) is 0 Å². The summed E-state index contributed by atoms with van der Waals surface area (Å²) >= 11 is 0. The summed E-state index contributed by atoms with van der Waals surface area (Å²) in [5.74, 6) is -0.0385. The number of alkyl carbamates (subject to hydrolysis) is 1. The molecule has 6 aromatic rings. The van der Waals surface area contributed by atoms with Crippen molar-refractivity contribution in [2.24, 2.45) is 32.5 Å². The van der Waals surface area contributed by atoms with Crippen molar-refractivity contribution in [1.82, 2.24) is 31.9 Å². The number of ether oxygens (including phenoxy) is 9. The smallest absolute Gasteiger partial charge is 0.412 e. The van der Waals surface area contributed by atoms with E-state index in [2.05, 4.69) is 94.2 Å². The maximum Gasteiger partial charge on any atom is 0.412 e. The van der Waals surface area contributed by atoms with Gasteiger partial charge in [0.15, 0.2) is 17.3 Å². The zero-order valence-corrected chi connectivity index (χ0v) is 78.4. The van der Waals surface area contributed by atoms with Crippen molar-refractivity contribution in [1.29, 1.82) is 0 Å². The van der Waals surface area contributed by atoms with Gasteiger partial charge in [-0.2, -0.15) is 0 Å². The van der Waals surface area contributed by atoms with E-state index in [1.165, 1.54) is 0 Å². The van der Waals surface area contributed by atoms with Crippen LogP contribution in [-0.4, -0.2) is 157 Å². The molecule has 126 heavy (non-hydrogen) atoms. The number of hydrogen-bond acceptors (Lipinski definition) is 18. The van der Waals surface area contributed by atoms with Gasteiger partial charge in [0.25, 0.3) is 11.8 Å². The fraction of sp³-hybridized carbons (Fsp3) is 0.559. The Bertz CT molecular complexity index is 4680. The van der Waals surface area contributed by atoms with Gasteiger partial charge in [0, 0.05) is 84.0 Å². The molecule has 6 N–H and O–H groups in total. The van der Waals surface area contributed by atoms with Crippen molar-refractivity contribution < 1.29 is 85.8 Å². The highest BCUT2D eigenvalue weighted by Crippen LogP contribution is 2.49. The average Bonchev–Trinajstić information content (AvgIpc) is 0.794. The summed E-state index contributed by atoms with van der Waals surface area (Å²) in [4.78, 5) is 121. The van der Waals surface area contributed by atoms with E-state index < -0.39 is 80.3 Å². The second-order valence-electron chi connectivity index (χ2n) is 42.2. The van der Waals surface area contributed by atoms with Crippen LogP contribution in [0.15, 0.2) is 164 Å². The van der Waals surface area contributed by atoms with Gasteiger partial charge in [0.1, 0.15) is 34.1 Å². The third-order valence-electron chi connectivity index (χ3n) is 24.2. The molecular weight excluding hydrogens is 1600 g/mol. The first-order valence-electron chi connectivity index (χ1n) is 44.5.